The Labute approximate surface area is 185 Å². The zero-order chi connectivity index (χ0) is 22.2. The minimum Gasteiger partial charge on any atom is -0.342 e. The van der Waals surface area contributed by atoms with Crippen LogP contribution in [-0.4, -0.2) is 63.4 Å². The van der Waals surface area contributed by atoms with Crippen LogP contribution in [-0.2, 0) is 16.8 Å². The molecule has 3 aliphatic rings. The van der Waals surface area contributed by atoms with Crippen molar-refractivity contribution < 1.29 is 4.79 Å². The van der Waals surface area contributed by atoms with Crippen LogP contribution in [0.2, 0.25) is 0 Å². The van der Waals surface area contributed by atoms with Crippen LogP contribution in [0.1, 0.15) is 39.2 Å². The third-order valence-electron chi connectivity index (χ3n) is 6.96. The average Bonchev–Trinajstić information content (AvgIpc) is 3.22. The molecule has 0 radical (unpaired) electrons. The number of amides is 1. The molecule has 1 aromatic heterocycles. The lowest BCUT2D eigenvalue weighted by Crippen LogP contribution is -2.58. The zero-order valence-electron chi connectivity index (χ0n) is 19.3. The summed E-state index contributed by atoms with van der Waals surface area (Å²) in [7, 11) is 1.88. The first-order valence-electron chi connectivity index (χ1n) is 11.4. The Kier molecular flexibility index (Phi) is 6.02. The molecular formula is C25H35N5O. The van der Waals surface area contributed by atoms with Gasteiger partial charge in [-0.15, -0.1) is 11.7 Å². The van der Waals surface area contributed by atoms with Gasteiger partial charge in [0.05, 0.1) is 18.7 Å². The van der Waals surface area contributed by atoms with Gasteiger partial charge in [0.2, 0.25) is 5.91 Å². The Morgan fingerprint density at radius 2 is 2.03 bits per heavy atom. The molecule has 6 heteroatoms. The van der Waals surface area contributed by atoms with Gasteiger partial charge in [-0.3, -0.25) is 14.4 Å². The molecule has 4 atom stereocenters. The molecule has 5 rings (SSSR count). The fourth-order valence-corrected chi connectivity index (χ4v) is 5.05. The van der Waals surface area contributed by atoms with Crippen molar-refractivity contribution in [3.8, 4) is 11.3 Å². The van der Waals surface area contributed by atoms with E-state index >= 15 is 0 Å². The van der Waals surface area contributed by atoms with Gasteiger partial charge < -0.3 is 4.90 Å². The summed E-state index contributed by atoms with van der Waals surface area (Å²) in [5, 5.41) is 8.82. The smallest absolute Gasteiger partial charge is 0.227 e. The van der Waals surface area contributed by atoms with E-state index in [-0.39, 0.29) is 17.2 Å². The molecule has 2 aromatic rings. The van der Waals surface area contributed by atoms with Crippen molar-refractivity contribution in [2.45, 2.75) is 51.6 Å². The maximum absolute atomic E-state index is 12.8. The lowest BCUT2D eigenvalue weighted by Gasteiger charge is -2.49. The van der Waals surface area contributed by atoms with Gasteiger partial charge in [0, 0.05) is 31.7 Å². The van der Waals surface area contributed by atoms with Crippen LogP contribution in [0.25, 0.3) is 11.3 Å². The van der Waals surface area contributed by atoms with Gasteiger partial charge in [0.25, 0.3) is 0 Å². The third-order valence-corrected chi connectivity index (χ3v) is 6.96. The fraction of sp³-hybridized carbons (Fsp3) is 0.560. The normalized spacial score (nSPS) is 25.4. The summed E-state index contributed by atoms with van der Waals surface area (Å²) < 4.78 is 1.97. The van der Waals surface area contributed by atoms with Crippen LogP contribution in [0.3, 0.4) is 0 Å². The second-order valence-corrected chi connectivity index (χ2v) is 10.2. The van der Waals surface area contributed by atoms with Crippen molar-refractivity contribution in [1.29, 1.82) is 0 Å². The molecule has 166 valence electrons. The average molecular weight is 422 g/mol. The van der Waals surface area contributed by atoms with Crippen LogP contribution in [0.15, 0.2) is 43.1 Å². The highest BCUT2D eigenvalue weighted by atomic mass is 16.2. The van der Waals surface area contributed by atoms with Crippen molar-refractivity contribution in [2.24, 2.45) is 11.8 Å². The van der Waals surface area contributed by atoms with Crippen molar-refractivity contribution in [3.05, 3.63) is 48.7 Å². The monoisotopic (exact) mass is 421 g/mol. The lowest BCUT2D eigenvalue weighted by molar-refractivity contribution is -0.142. The van der Waals surface area contributed by atoms with Gasteiger partial charge in [-0.2, -0.15) is 0 Å². The number of carbonyl (C=O) groups excluding carboxylic acids is 1. The predicted molar refractivity (Wildman–Crippen MR) is 124 cm³/mol. The minimum atomic E-state index is 0.114. The van der Waals surface area contributed by atoms with Gasteiger partial charge in [0.1, 0.15) is 5.69 Å². The third kappa shape index (κ3) is 4.59. The summed E-state index contributed by atoms with van der Waals surface area (Å²) in [5.74, 6) is 0.833. The van der Waals surface area contributed by atoms with Crippen LogP contribution >= 0.6 is 0 Å². The van der Waals surface area contributed by atoms with Gasteiger partial charge in [-0.05, 0) is 36.3 Å². The summed E-state index contributed by atoms with van der Waals surface area (Å²) in [6, 6.07) is 9.06. The molecule has 2 bridgehead atoms. The van der Waals surface area contributed by atoms with E-state index in [1.807, 2.05) is 16.6 Å². The molecule has 1 aromatic carbocycles. The number of piperidine rings is 3. The molecule has 6 nitrogen and oxygen atoms in total. The molecule has 3 fully saturated rings. The molecule has 4 heterocycles. The second-order valence-electron chi connectivity index (χ2n) is 10.2. The van der Waals surface area contributed by atoms with Gasteiger partial charge in [-0.1, -0.05) is 56.3 Å². The molecule has 0 spiro atoms. The maximum atomic E-state index is 12.8. The van der Waals surface area contributed by atoms with Crippen LogP contribution in [0.5, 0.6) is 0 Å². The SMILES string of the molecule is C=CCN(C)C(=O)C1CN2CCC1CC2Cn1cc(-c2ccc(C(C)(C)C)cc2)nn1. The number of likely N-dealkylation sites (N-methyl/N-ethyl adjacent to an activating group) is 1. The van der Waals surface area contributed by atoms with Crippen molar-refractivity contribution >= 4 is 5.91 Å². The molecule has 3 aliphatic heterocycles. The van der Waals surface area contributed by atoms with Crippen LogP contribution in [0.4, 0.5) is 0 Å². The Hall–Kier alpha value is -2.47. The van der Waals surface area contributed by atoms with Gasteiger partial charge in [-0.25, -0.2) is 0 Å². The quantitative estimate of drug-likeness (QED) is 0.669. The number of carbonyl (C=O) groups is 1. The minimum absolute atomic E-state index is 0.114. The number of aromatic nitrogens is 3. The second kappa shape index (κ2) is 8.58. The highest BCUT2D eigenvalue weighted by Gasteiger charge is 2.44. The standard InChI is InChI=1S/C25H35N5O/c1-6-12-28(5)24(31)22-16-29-13-11-19(22)14-21(29)15-30-17-23(26-27-30)18-7-9-20(10-8-18)25(2,3)4/h6-10,17,19,21-22H,1,11-16H2,2-5H3. The number of rotatable bonds is 6. The summed E-state index contributed by atoms with van der Waals surface area (Å²) in [6.45, 7) is 13.8. The van der Waals surface area contributed by atoms with Crippen LogP contribution in [0, 0.1) is 11.8 Å². The highest BCUT2D eigenvalue weighted by molar-refractivity contribution is 5.79. The molecule has 1 amide bonds. The zero-order valence-corrected chi connectivity index (χ0v) is 19.3. The molecular weight excluding hydrogens is 386 g/mol. The number of nitrogens with zero attached hydrogens (tertiary/aromatic N) is 5. The van der Waals surface area contributed by atoms with E-state index in [0.717, 1.165) is 43.7 Å². The van der Waals surface area contributed by atoms with E-state index in [2.05, 4.69) is 73.0 Å². The summed E-state index contributed by atoms with van der Waals surface area (Å²) in [4.78, 5) is 17.1. The number of fused-ring (bicyclic) bond motifs is 3. The summed E-state index contributed by atoms with van der Waals surface area (Å²) >= 11 is 0. The van der Waals surface area contributed by atoms with E-state index in [0.29, 0.717) is 18.5 Å². The molecule has 0 aliphatic carbocycles. The topological polar surface area (TPSA) is 54.3 Å². The predicted octanol–water partition coefficient (Wildman–Crippen LogP) is 3.60. The molecule has 4 unspecified atom stereocenters. The molecule has 0 saturated carbocycles. The van der Waals surface area contributed by atoms with Crippen molar-refractivity contribution in [2.75, 3.05) is 26.7 Å². The fourth-order valence-electron chi connectivity index (χ4n) is 5.05. The van der Waals surface area contributed by atoms with E-state index in [1.54, 1.807) is 6.08 Å². The Balaban J connectivity index is 1.40. The van der Waals surface area contributed by atoms with Crippen molar-refractivity contribution in [3.63, 3.8) is 0 Å². The molecule has 0 N–H and O–H groups in total. The number of hydrogen-bond donors (Lipinski definition) is 0. The first kappa shape index (κ1) is 21.8. The van der Waals surface area contributed by atoms with Gasteiger partial charge >= 0.3 is 0 Å². The van der Waals surface area contributed by atoms with Crippen LogP contribution < -0.4 is 0 Å². The lowest BCUT2D eigenvalue weighted by atomic mass is 9.75. The van der Waals surface area contributed by atoms with E-state index < -0.39 is 0 Å². The Morgan fingerprint density at radius 1 is 1.29 bits per heavy atom. The van der Waals surface area contributed by atoms with Crippen molar-refractivity contribution in [1.82, 2.24) is 24.8 Å². The summed E-state index contributed by atoms with van der Waals surface area (Å²) in [5.41, 5.74) is 3.47. The Morgan fingerprint density at radius 3 is 2.65 bits per heavy atom. The van der Waals surface area contributed by atoms with E-state index in [1.165, 1.54) is 5.56 Å². The first-order valence-corrected chi connectivity index (χ1v) is 11.4. The maximum Gasteiger partial charge on any atom is 0.227 e. The molecule has 3 saturated heterocycles. The van der Waals surface area contributed by atoms with E-state index in [4.69, 9.17) is 0 Å². The number of hydrogen-bond acceptors (Lipinski definition) is 4. The molecule has 31 heavy (non-hydrogen) atoms. The highest BCUT2D eigenvalue weighted by Crippen LogP contribution is 2.37. The van der Waals surface area contributed by atoms with Gasteiger partial charge in [0.15, 0.2) is 0 Å². The first-order chi connectivity index (χ1) is 14.8. The largest absolute Gasteiger partial charge is 0.342 e. The van der Waals surface area contributed by atoms with E-state index in [9.17, 15) is 4.79 Å². The number of benzene rings is 1. The Bertz CT molecular complexity index is 926. The summed E-state index contributed by atoms with van der Waals surface area (Å²) in [6.07, 6.45) is 6.00.